The molecule has 0 unspecified atom stereocenters. The summed E-state index contributed by atoms with van der Waals surface area (Å²) in [5, 5.41) is 12.1. The number of hydrogen-bond donors (Lipinski definition) is 1. The highest BCUT2D eigenvalue weighted by molar-refractivity contribution is 5.33. The van der Waals surface area contributed by atoms with Gasteiger partial charge in [0.05, 0.1) is 0 Å². The normalized spacial score (nSPS) is 11.1. The summed E-state index contributed by atoms with van der Waals surface area (Å²) < 4.78 is 5.43. The van der Waals surface area contributed by atoms with Gasteiger partial charge in [0.15, 0.2) is 6.61 Å². The van der Waals surface area contributed by atoms with E-state index in [1.807, 2.05) is 30.3 Å². The number of rotatable bonds is 9. The Morgan fingerprint density at radius 1 is 1.19 bits per heavy atom. The molecule has 0 aliphatic heterocycles. The lowest BCUT2D eigenvalue weighted by molar-refractivity contribution is 0.175. The van der Waals surface area contributed by atoms with Crippen LogP contribution in [0.5, 0.6) is 5.75 Å². The zero-order chi connectivity index (χ0) is 15.7. The van der Waals surface area contributed by atoms with E-state index in [1.54, 1.807) is 0 Å². The van der Waals surface area contributed by atoms with Crippen LogP contribution in [0.4, 0.5) is 0 Å². The van der Waals surface area contributed by atoms with Gasteiger partial charge >= 0.3 is 0 Å². The molecule has 116 valence electrons. The first-order valence-electron chi connectivity index (χ1n) is 7.60. The summed E-state index contributed by atoms with van der Waals surface area (Å²) in [7, 11) is 0. The van der Waals surface area contributed by atoms with Crippen LogP contribution in [0.15, 0.2) is 24.3 Å². The van der Waals surface area contributed by atoms with Gasteiger partial charge < -0.3 is 10.1 Å². The second-order valence-corrected chi connectivity index (χ2v) is 5.66. The van der Waals surface area contributed by atoms with Crippen LogP contribution in [0.3, 0.4) is 0 Å². The van der Waals surface area contributed by atoms with Crippen molar-refractivity contribution in [2.24, 2.45) is 0 Å². The molecule has 0 amide bonds. The molecule has 0 spiro atoms. The third kappa shape index (κ3) is 6.16. The summed E-state index contributed by atoms with van der Waals surface area (Å²) in [5.74, 6) is 0.788. The zero-order valence-electron chi connectivity index (χ0n) is 13.6. The Labute approximate surface area is 128 Å². The number of para-hydroxylation sites is 1. The molecule has 4 nitrogen and oxygen atoms in total. The minimum atomic E-state index is 0.0888. The van der Waals surface area contributed by atoms with Gasteiger partial charge in [0.2, 0.25) is 0 Å². The average molecular weight is 289 g/mol. The van der Waals surface area contributed by atoms with Crippen LogP contribution in [-0.2, 0) is 6.54 Å². The van der Waals surface area contributed by atoms with E-state index in [4.69, 9.17) is 10.00 Å². The van der Waals surface area contributed by atoms with Crippen molar-refractivity contribution < 1.29 is 4.74 Å². The molecule has 0 saturated carbocycles. The molecule has 1 rings (SSSR count). The summed E-state index contributed by atoms with van der Waals surface area (Å²) in [6.45, 7) is 11.7. The minimum absolute atomic E-state index is 0.0888. The van der Waals surface area contributed by atoms with E-state index in [0.717, 1.165) is 30.9 Å². The lowest BCUT2D eigenvalue weighted by Crippen LogP contribution is -2.41. The lowest BCUT2D eigenvalue weighted by atomic mass is 10.2. The smallest absolute Gasteiger partial charge is 0.174 e. The fraction of sp³-hybridized carbons (Fsp3) is 0.588. The van der Waals surface area contributed by atoms with Crippen LogP contribution < -0.4 is 10.1 Å². The molecular formula is C17H27N3O. The molecule has 1 aromatic rings. The monoisotopic (exact) mass is 289 g/mol. The summed E-state index contributed by atoms with van der Waals surface area (Å²) in [4.78, 5) is 2.46. The van der Waals surface area contributed by atoms with E-state index in [9.17, 15) is 0 Å². The second kappa shape index (κ2) is 9.38. The van der Waals surface area contributed by atoms with Gasteiger partial charge in [-0.1, -0.05) is 18.2 Å². The predicted molar refractivity (Wildman–Crippen MR) is 86.2 cm³/mol. The van der Waals surface area contributed by atoms with Crippen molar-refractivity contribution in [3.63, 3.8) is 0 Å². The molecule has 0 saturated heterocycles. The average Bonchev–Trinajstić information content (AvgIpc) is 2.45. The standard InChI is InChI=1S/C17H27N3O/c1-14(2)20(15(3)4)11-10-19-13-16-7-5-6-8-17(16)21-12-9-18/h5-8,14-15,19H,10-13H2,1-4H3. The van der Waals surface area contributed by atoms with Crippen LogP contribution in [0.2, 0.25) is 0 Å². The van der Waals surface area contributed by atoms with Crippen LogP contribution in [0, 0.1) is 11.3 Å². The topological polar surface area (TPSA) is 48.3 Å². The van der Waals surface area contributed by atoms with E-state index in [0.29, 0.717) is 12.1 Å². The van der Waals surface area contributed by atoms with Crippen LogP contribution in [-0.4, -0.2) is 36.7 Å². The molecule has 0 aromatic heterocycles. The van der Waals surface area contributed by atoms with Crippen molar-refractivity contribution in [3.05, 3.63) is 29.8 Å². The van der Waals surface area contributed by atoms with Crippen LogP contribution in [0.25, 0.3) is 0 Å². The number of hydrogen-bond acceptors (Lipinski definition) is 4. The van der Waals surface area contributed by atoms with Crippen molar-refractivity contribution in [1.82, 2.24) is 10.2 Å². The van der Waals surface area contributed by atoms with Crippen molar-refractivity contribution in [1.29, 1.82) is 5.26 Å². The number of nitrogens with zero attached hydrogens (tertiary/aromatic N) is 2. The highest BCUT2D eigenvalue weighted by Gasteiger charge is 2.12. The zero-order valence-corrected chi connectivity index (χ0v) is 13.6. The van der Waals surface area contributed by atoms with E-state index < -0.39 is 0 Å². The Kier molecular flexibility index (Phi) is 7.81. The molecule has 21 heavy (non-hydrogen) atoms. The number of benzene rings is 1. The van der Waals surface area contributed by atoms with E-state index >= 15 is 0 Å². The van der Waals surface area contributed by atoms with Crippen molar-refractivity contribution in [3.8, 4) is 11.8 Å². The Morgan fingerprint density at radius 2 is 1.86 bits per heavy atom. The highest BCUT2D eigenvalue weighted by Crippen LogP contribution is 2.17. The molecule has 1 aromatic carbocycles. The molecule has 0 radical (unpaired) electrons. The van der Waals surface area contributed by atoms with Crippen LogP contribution >= 0.6 is 0 Å². The van der Waals surface area contributed by atoms with Gasteiger partial charge in [-0.3, -0.25) is 4.90 Å². The van der Waals surface area contributed by atoms with Gasteiger partial charge in [0.25, 0.3) is 0 Å². The molecule has 1 N–H and O–H groups in total. The molecule has 0 aliphatic rings. The molecule has 0 heterocycles. The minimum Gasteiger partial charge on any atom is -0.478 e. The molecule has 4 heteroatoms. The maximum absolute atomic E-state index is 8.60. The largest absolute Gasteiger partial charge is 0.478 e. The fourth-order valence-corrected chi connectivity index (χ4v) is 2.44. The summed E-state index contributed by atoms with van der Waals surface area (Å²) >= 11 is 0. The SMILES string of the molecule is CC(C)N(CCNCc1ccccc1OCC#N)C(C)C. The van der Waals surface area contributed by atoms with Crippen molar-refractivity contribution >= 4 is 0 Å². The Hall–Kier alpha value is -1.57. The maximum atomic E-state index is 8.60. The Balaban J connectivity index is 2.44. The van der Waals surface area contributed by atoms with E-state index in [-0.39, 0.29) is 6.61 Å². The van der Waals surface area contributed by atoms with E-state index in [2.05, 4.69) is 37.9 Å². The van der Waals surface area contributed by atoms with Crippen molar-refractivity contribution in [2.45, 2.75) is 46.3 Å². The summed E-state index contributed by atoms with van der Waals surface area (Å²) in [6.07, 6.45) is 0. The maximum Gasteiger partial charge on any atom is 0.174 e. The lowest BCUT2D eigenvalue weighted by Gasteiger charge is -2.30. The van der Waals surface area contributed by atoms with Gasteiger partial charge in [-0.05, 0) is 33.8 Å². The number of nitrogens with one attached hydrogen (secondary N) is 1. The van der Waals surface area contributed by atoms with Gasteiger partial charge in [-0.25, -0.2) is 0 Å². The number of nitriles is 1. The second-order valence-electron chi connectivity index (χ2n) is 5.66. The molecule has 0 atom stereocenters. The van der Waals surface area contributed by atoms with Gasteiger partial charge in [-0.2, -0.15) is 5.26 Å². The highest BCUT2D eigenvalue weighted by atomic mass is 16.5. The fourth-order valence-electron chi connectivity index (χ4n) is 2.44. The quantitative estimate of drug-likeness (QED) is 0.710. The number of ether oxygens (including phenoxy) is 1. The summed E-state index contributed by atoms with van der Waals surface area (Å²) in [6, 6.07) is 11.0. The third-order valence-electron chi connectivity index (χ3n) is 3.45. The summed E-state index contributed by atoms with van der Waals surface area (Å²) in [5.41, 5.74) is 1.09. The molecular weight excluding hydrogens is 262 g/mol. The Morgan fingerprint density at radius 3 is 2.48 bits per heavy atom. The van der Waals surface area contributed by atoms with E-state index in [1.165, 1.54) is 0 Å². The van der Waals surface area contributed by atoms with Crippen molar-refractivity contribution in [2.75, 3.05) is 19.7 Å². The predicted octanol–water partition coefficient (Wildman–Crippen LogP) is 2.80. The van der Waals surface area contributed by atoms with Crippen LogP contribution in [0.1, 0.15) is 33.3 Å². The molecule has 0 aliphatic carbocycles. The first-order chi connectivity index (χ1) is 10.1. The first-order valence-corrected chi connectivity index (χ1v) is 7.60. The molecule has 0 fully saturated rings. The Bertz CT molecular complexity index is 444. The molecule has 0 bridgehead atoms. The van der Waals surface area contributed by atoms with Gasteiger partial charge in [0.1, 0.15) is 11.8 Å². The first kappa shape index (κ1) is 17.5. The van der Waals surface area contributed by atoms with Gasteiger partial charge in [0, 0.05) is 37.3 Å². The third-order valence-corrected chi connectivity index (χ3v) is 3.45. The van der Waals surface area contributed by atoms with Gasteiger partial charge in [-0.15, -0.1) is 0 Å².